The summed E-state index contributed by atoms with van der Waals surface area (Å²) in [4.78, 5) is 22.8. The molecule has 0 atom stereocenters. The van der Waals surface area contributed by atoms with Gasteiger partial charge in [0.15, 0.2) is 0 Å². The van der Waals surface area contributed by atoms with Crippen LogP contribution in [0.5, 0.6) is 0 Å². The smallest absolute Gasteiger partial charge is 0.338 e. The molecule has 1 aromatic rings. The second kappa shape index (κ2) is 6.33. The van der Waals surface area contributed by atoms with Gasteiger partial charge in [-0.15, -0.1) is 12.6 Å². The first-order chi connectivity index (χ1) is 7.66. The summed E-state index contributed by atoms with van der Waals surface area (Å²) in [5.41, 5.74) is 0.561. The molecule has 0 fully saturated rings. The Kier molecular flexibility index (Phi) is 5.05. The number of esters is 1. The Morgan fingerprint density at radius 1 is 1.25 bits per heavy atom. The first kappa shape index (κ1) is 12.8. The average molecular weight is 238 g/mol. The van der Waals surface area contributed by atoms with E-state index in [0.717, 1.165) is 12.8 Å². The van der Waals surface area contributed by atoms with Crippen molar-refractivity contribution in [3.63, 3.8) is 0 Å². The Balaban J connectivity index is 2.78. The van der Waals surface area contributed by atoms with Crippen LogP contribution in [0.4, 0.5) is 0 Å². The quantitative estimate of drug-likeness (QED) is 0.487. The molecule has 0 heterocycles. The first-order valence-corrected chi connectivity index (χ1v) is 5.61. The van der Waals surface area contributed by atoms with Crippen molar-refractivity contribution in [2.45, 2.75) is 19.8 Å². The fourth-order valence-corrected chi connectivity index (χ4v) is 1.43. The molecule has 0 aliphatic rings. The van der Waals surface area contributed by atoms with Gasteiger partial charge in [0.2, 0.25) is 5.12 Å². The van der Waals surface area contributed by atoms with E-state index in [-0.39, 0.29) is 11.1 Å². The average Bonchev–Trinajstić information content (AvgIpc) is 2.29. The van der Waals surface area contributed by atoms with Gasteiger partial charge in [-0.1, -0.05) is 25.5 Å². The summed E-state index contributed by atoms with van der Waals surface area (Å²) in [6.07, 6.45) is 1.78. The summed E-state index contributed by atoms with van der Waals surface area (Å²) in [5.74, 6) is -0.466. The lowest BCUT2D eigenvalue weighted by Crippen LogP contribution is -2.10. The standard InChI is InChI=1S/C12H14O3S/c1-2-3-8-15-11(13)9-6-4-5-7-10(9)12(14)16/h4-7H,2-3,8H2,1H3,(H,14,16). The summed E-state index contributed by atoms with van der Waals surface area (Å²) < 4.78 is 5.03. The van der Waals surface area contributed by atoms with Crippen molar-refractivity contribution in [1.82, 2.24) is 0 Å². The van der Waals surface area contributed by atoms with Crippen LogP contribution in [-0.2, 0) is 4.74 Å². The fourth-order valence-electron chi connectivity index (χ4n) is 1.23. The van der Waals surface area contributed by atoms with Crippen LogP contribution in [0.3, 0.4) is 0 Å². The number of hydrogen-bond acceptors (Lipinski definition) is 3. The van der Waals surface area contributed by atoms with E-state index in [1.165, 1.54) is 0 Å². The van der Waals surface area contributed by atoms with Crippen LogP contribution in [0, 0.1) is 0 Å². The normalized spacial score (nSPS) is 9.88. The molecule has 0 radical (unpaired) electrons. The van der Waals surface area contributed by atoms with E-state index in [0.29, 0.717) is 6.61 Å². The van der Waals surface area contributed by atoms with Crippen molar-refractivity contribution < 1.29 is 14.3 Å². The van der Waals surface area contributed by atoms with Gasteiger partial charge in [0, 0.05) is 5.56 Å². The number of unbranched alkanes of at least 4 members (excludes halogenated alkanes) is 1. The SMILES string of the molecule is CCCCOC(=O)c1ccccc1C(=O)S. The molecule has 0 saturated carbocycles. The predicted octanol–water partition coefficient (Wildman–Crippen LogP) is 2.71. The lowest BCUT2D eigenvalue weighted by molar-refractivity contribution is 0.0497. The molecule has 0 aliphatic carbocycles. The molecule has 3 nitrogen and oxygen atoms in total. The van der Waals surface area contributed by atoms with E-state index in [1.807, 2.05) is 6.92 Å². The number of carbonyl (C=O) groups is 2. The third-order valence-electron chi connectivity index (χ3n) is 2.11. The van der Waals surface area contributed by atoms with Gasteiger partial charge in [-0.3, -0.25) is 4.79 Å². The molecule has 0 aliphatic heterocycles. The summed E-state index contributed by atoms with van der Waals surface area (Å²) in [6.45, 7) is 2.39. The zero-order chi connectivity index (χ0) is 12.0. The van der Waals surface area contributed by atoms with Crippen LogP contribution in [0.1, 0.15) is 40.5 Å². The van der Waals surface area contributed by atoms with Gasteiger partial charge in [-0.25, -0.2) is 4.79 Å². The van der Waals surface area contributed by atoms with E-state index in [2.05, 4.69) is 12.6 Å². The first-order valence-electron chi connectivity index (χ1n) is 5.16. The highest BCUT2D eigenvalue weighted by atomic mass is 32.1. The zero-order valence-corrected chi connectivity index (χ0v) is 10.00. The van der Waals surface area contributed by atoms with Gasteiger partial charge in [-0.05, 0) is 18.6 Å². The number of thiol groups is 1. The van der Waals surface area contributed by atoms with Crippen molar-refractivity contribution in [1.29, 1.82) is 0 Å². The molecule has 0 amide bonds. The third kappa shape index (κ3) is 3.38. The second-order valence-corrected chi connectivity index (χ2v) is 3.75. The van der Waals surface area contributed by atoms with Gasteiger partial charge in [0.05, 0.1) is 12.2 Å². The molecule has 0 spiro atoms. The molecule has 1 aromatic carbocycles. The van der Waals surface area contributed by atoms with Gasteiger partial charge in [0.1, 0.15) is 0 Å². The summed E-state index contributed by atoms with van der Waals surface area (Å²) in [6, 6.07) is 6.51. The van der Waals surface area contributed by atoms with E-state index in [4.69, 9.17) is 4.74 Å². The van der Waals surface area contributed by atoms with E-state index >= 15 is 0 Å². The molecular formula is C12H14O3S. The van der Waals surface area contributed by atoms with Crippen LogP contribution in [-0.4, -0.2) is 17.7 Å². The van der Waals surface area contributed by atoms with Gasteiger partial charge in [-0.2, -0.15) is 0 Å². The number of carbonyl (C=O) groups excluding carboxylic acids is 2. The van der Waals surface area contributed by atoms with Crippen LogP contribution >= 0.6 is 12.6 Å². The molecule has 0 bridgehead atoms. The van der Waals surface area contributed by atoms with Gasteiger partial charge >= 0.3 is 5.97 Å². The zero-order valence-electron chi connectivity index (χ0n) is 9.10. The van der Waals surface area contributed by atoms with Gasteiger partial charge < -0.3 is 4.74 Å². The molecule has 0 unspecified atom stereocenters. The molecular weight excluding hydrogens is 224 g/mol. The number of benzene rings is 1. The Bertz CT molecular complexity index is 388. The minimum Gasteiger partial charge on any atom is -0.462 e. The Labute approximate surface area is 100 Å². The minimum absolute atomic E-state index is 0.276. The molecule has 0 saturated heterocycles. The summed E-state index contributed by atoms with van der Waals surface area (Å²) >= 11 is 3.71. The monoisotopic (exact) mass is 238 g/mol. The van der Waals surface area contributed by atoms with Crippen LogP contribution in [0.2, 0.25) is 0 Å². The number of ether oxygens (including phenoxy) is 1. The maximum Gasteiger partial charge on any atom is 0.338 e. The largest absolute Gasteiger partial charge is 0.462 e. The Morgan fingerprint density at radius 2 is 1.88 bits per heavy atom. The molecule has 16 heavy (non-hydrogen) atoms. The molecule has 0 N–H and O–H groups in total. The molecule has 86 valence electrons. The summed E-state index contributed by atoms with van der Waals surface area (Å²) in [5, 5.41) is -0.428. The van der Waals surface area contributed by atoms with Gasteiger partial charge in [0.25, 0.3) is 0 Å². The lowest BCUT2D eigenvalue weighted by atomic mass is 10.1. The maximum absolute atomic E-state index is 11.6. The molecule has 1 rings (SSSR count). The van der Waals surface area contributed by atoms with E-state index in [9.17, 15) is 9.59 Å². The van der Waals surface area contributed by atoms with Crippen molar-refractivity contribution in [3.8, 4) is 0 Å². The van der Waals surface area contributed by atoms with E-state index in [1.54, 1.807) is 24.3 Å². The Hall–Kier alpha value is -1.29. The fraction of sp³-hybridized carbons (Fsp3) is 0.333. The minimum atomic E-state index is -0.466. The predicted molar refractivity (Wildman–Crippen MR) is 64.9 cm³/mol. The highest BCUT2D eigenvalue weighted by molar-refractivity contribution is 7.97. The maximum atomic E-state index is 11.6. The van der Waals surface area contributed by atoms with Crippen LogP contribution < -0.4 is 0 Å². The van der Waals surface area contributed by atoms with Crippen molar-refractivity contribution in [2.24, 2.45) is 0 Å². The lowest BCUT2D eigenvalue weighted by Gasteiger charge is -2.06. The van der Waals surface area contributed by atoms with Crippen LogP contribution in [0.15, 0.2) is 24.3 Å². The topological polar surface area (TPSA) is 43.4 Å². The second-order valence-electron chi connectivity index (χ2n) is 3.34. The van der Waals surface area contributed by atoms with E-state index < -0.39 is 11.1 Å². The van der Waals surface area contributed by atoms with Crippen molar-refractivity contribution >= 4 is 23.7 Å². The molecule has 0 aromatic heterocycles. The highest BCUT2D eigenvalue weighted by Gasteiger charge is 2.14. The van der Waals surface area contributed by atoms with Crippen molar-refractivity contribution in [3.05, 3.63) is 35.4 Å². The Morgan fingerprint density at radius 3 is 2.44 bits per heavy atom. The number of rotatable bonds is 5. The highest BCUT2D eigenvalue weighted by Crippen LogP contribution is 2.12. The van der Waals surface area contributed by atoms with Crippen LogP contribution in [0.25, 0.3) is 0 Å². The van der Waals surface area contributed by atoms with Crippen molar-refractivity contribution in [2.75, 3.05) is 6.61 Å². The molecule has 4 heteroatoms. The number of hydrogen-bond donors (Lipinski definition) is 1. The summed E-state index contributed by atoms with van der Waals surface area (Å²) in [7, 11) is 0. The third-order valence-corrected chi connectivity index (χ3v) is 2.35.